The van der Waals surface area contributed by atoms with E-state index < -0.39 is 0 Å². The summed E-state index contributed by atoms with van der Waals surface area (Å²) >= 11 is 3.45. The fraction of sp³-hybridized carbons (Fsp3) is 0.250. The molecule has 2 aromatic rings. The molecule has 0 unspecified atom stereocenters. The predicted octanol–water partition coefficient (Wildman–Crippen LogP) is 3.89. The van der Waals surface area contributed by atoms with Crippen molar-refractivity contribution in [3.8, 4) is 17.2 Å². The summed E-state index contributed by atoms with van der Waals surface area (Å²) in [6.45, 7) is 1.18. The average Bonchev–Trinajstić information content (AvgIpc) is 2.50. The summed E-state index contributed by atoms with van der Waals surface area (Å²) in [4.78, 5) is 0. The molecule has 0 saturated carbocycles. The van der Waals surface area contributed by atoms with Crippen LogP contribution >= 0.6 is 15.9 Å². The Kier molecular flexibility index (Phi) is 5.75. The van der Waals surface area contributed by atoms with Crippen LogP contribution in [-0.2, 0) is 0 Å². The van der Waals surface area contributed by atoms with Crippen molar-refractivity contribution in [2.45, 2.75) is 6.42 Å². The van der Waals surface area contributed by atoms with Crippen molar-refractivity contribution >= 4 is 21.6 Å². The first-order chi connectivity index (χ1) is 10.2. The lowest BCUT2D eigenvalue weighted by molar-refractivity contribution is 0.246. The first kappa shape index (κ1) is 15.5. The van der Waals surface area contributed by atoms with Crippen LogP contribution in [-0.4, -0.2) is 20.3 Å². The minimum atomic E-state index is 0.583. The molecule has 0 aliphatic carbocycles. The normalized spacial score (nSPS) is 10.2. The van der Waals surface area contributed by atoms with Crippen LogP contribution < -0.4 is 19.9 Å². The summed E-state index contributed by atoms with van der Waals surface area (Å²) in [5.41, 5.74) is 6.34. The lowest BCUT2D eigenvalue weighted by Gasteiger charge is -2.10. The number of halogens is 1. The van der Waals surface area contributed by atoms with Crippen molar-refractivity contribution in [3.05, 3.63) is 46.9 Å². The van der Waals surface area contributed by atoms with Crippen molar-refractivity contribution in [2.24, 2.45) is 0 Å². The minimum absolute atomic E-state index is 0.583. The van der Waals surface area contributed by atoms with Gasteiger partial charge in [0, 0.05) is 12.1 Å². The summed E-state index contributed by atoms with van der Waals surface area (Å²) < 4.78 is 17.3. The number of methoxy groups -OCH3 is 1. The van der Waals surface area contributed by atoms with Gasteiger partial charge in [-0.2, -0.15) is 0 Å². The van der Waals surface area contributed by atoms with E-state index in [9.17, 15) is 0 Å². The first-order valence-electron chi connectivity index (χ1n) is 6.64. The van der Waals surface area contributed by atoms with E-state index in [2.05, 4.69) is 15.9 Å². The smallest absolute Gasteiger partial charge is 0.133 e. The van der Waals surface area contributed by atoms with Crippen molar-refractivity contribution in [2.75, 3.05) is 26.1 Å². The van der Waals surface area contributed by atoms with Crippen molar-refractivity contribution < 1.29 is 14.2 Å². The highest BCUT2D eigenvalue weighted by atomic mass is 79.9. The van der Waals surface area contributed by atoms with Gasteiger partial charge in [-0.1, -0.05) is 0 Å². The number of nitrogens with two attached hydrogens (primary N) is 1. The number of hydrogen-bond acceptors (Lipinski definition) is 4. The molecule has 0 aliphatic rings. The van der Waals surface area contributed by atoms with Crippen molar-refractivity contribution in [1.29, 1.82) is 0 Å². The zero-order chi connectivity index (χ0) is 15.1. The molecule has 2 aromatic carbocycles. The maximum Gasteiger partial charge on any atom is 0.133 e. The second kappa shape index (κ2) is 7.78. The zero-order valence-corrected chi connectivity index (χ0v) is 13.4. The van der Waals surface area contributed by atoms with Crippen LogP contribution in [0.3, 0.4) is 0 Å². The second-order valence-electron chi connectivity index (χ2n) is 4.42. The Morgan fingerprint density at radius 3 is 2.29 bits per heavy atom. The van der Waals surface area contributed by atoms with Crippen LogP contribution in [0.15, 0.2) is 46.9 Å². The molecule has 0 bridgehead atoms. The number of ether oxygens (including phenoxy) is 3. The summed E-state index contributed by atoms with van der Waals surface area (Å²) in [5.74, 6) is 2.40. The van der Waals surface area contributed by atoms with E-state index in [1.807, 2.05) is 42.5 Å². The Morgan fingerprint density at radius 2 is 1.62 bits per heavy atom. The highest BCUT2D eigenvalue weighted by Crippen LogP contribution is 2.29. The fourth-order valence-electron chi connectivity index (χ4n) is 1.72. The fourth-order valence-corrected chi connectivity index (χ4v) is 2.19. The molecule has 0 aliphatic heterocycles. The molecule has 0 heterocycles. The second-order valence-corrected chi connectivity index (χ2v) is 5.27. The molecule has 0 amide bonds. The van der Waals surface area contributed by atoms with Gasteiger partial charge in [0.2, 0.25) is 0 Å². The van der Waals surface area contributed by atoms with E-state index in [0.717, 1.165) is 33.8 Å². The van der Waals surface area contributed by atoms with Gasteiger partial charge in [-0.3, -0.25) is 0 Å². The van der Waals surface area contributed by atoms with E-state index in [1.165, 1.54) is 0 Å². The highest BCUT2D eigenvalue weighted by Gasteiger charge is 2.03. The molecule has 112 valence electrons. The van der Waals surface area contributed by atoms with Gasteiger partial charge in [0.25, 0.3) is 0 Å². The Balaban J connectivity index is 1.71. The molecule has 0 spiro atoms. The van der Waals surface area contributed by atoms with E-state index in [0.29, 0.717) is 13.2 Å². The monoisotopic (exact) mass is 351 g/mol. The largest absolute Gasteiger partial charge is 0.497 e. The van der Waals surface area contributed by atoms with E-state index in [-0.39, 0.29) is 0 Å². The maximum absolute atomic E-state index is 5.69. The van der Waals surface area contributed by atoms with Crippen LogP contribution in [0.5, 0.6) is 17.2 Å². The molecule has 0 fully saturated rings. The van der Waals surface area contributed by atoms with E-state index in [4.69, 9.17) is 19.9 Å². The number of anilines is 1. The maximum atomic E-state index is 5.69. The zero-order valence-electron chi connectivity index (χ0n) is 11.8. The van der Waals surface area contributed by atoms with Crippen molar-refractivity contribution in [1.82, 2.24) is 0 Å². The summed E-state index contributed by atoms with van der Waals surface area (Å²) in [6, 6.07) is 13.0. The van der Waals surface area contributed by atoms with Crippen LogP contribution in [0.2, 0.25) is 0 Å². The van der Waals surface area contributed by atoms with Crippen LogP contribution in [0.4, 0.5) is 5.69 Å². The van der Waals surface area contributed by atoms with E-state index >= 15 is 0 Å². The summed E-state index contributed by atoms with van der Waals surface area (Å²) in [6.07, 6.45) is 0.794. The summed E-state index contributed by atoms with van der Waals surface area (Å²) in [5, 5.41) is 0. The highest BCUT2D eigenvalue weighted by molar-refractivity contribution is 9.10. The van der Waals surface area contributed by atoms with Gasteiger partial charge in [-0.05, 0) is 58.4 Å². The predicted molar refractivity (Wildman–Crippen MR) is 87.2 cm³/mol. The first-order valence-corrected chi connectivity index (χ1v) is 7.43. The molecule has 0 radical (unpaired) electrons. The minimum Gasteiger partial charge on any atom is -0.497 e. The van der Waals surface area contributed by atoms with Crippen LogP contribution in [0.1, 0.15) is 6.42 Å². The third-order valence-corrected chi connectivity index (χ3v) is 3.45. The van der Waals surface area contributed by atoms with Gasteiger partial charge in [0.15, 0.2) is 0 Å². The molecule has 4 nitrogen and oxygen atoms in total. The molecule has 2 rings (SSSR count). The third kappa shape index (κ3) is 4.86. The third-order valence-electron chi connectivity index (χ3n) is 2.83. The number of nitrogen functional groups attached to an aromatic ring is 1. The van der Waals surface area contributed by atoms with Gasteiger partial charge in [-0.25, -0.2) is 0 Å². The molecular weight excluding hydrogens is 334 g/mol. The van der Waals surface area contributed by atoms with E-state index in [1.54, 1.807) is 7.11 Å². The molecule has 0 saturated heterocycles. The molecule has 21 heavy (non-hydrogen) atoms. The molecular formula is C16H18BrNO3. The Hall–Kier alpha value is -1.88. The SMILES string of the molecule is COc1ccc(OCCCOc2ccc(N)cc2)c(Br)c1. The Morgan fingerprint density at radius 1 is 0.952 bits per heavy atom. The number of rotatable bonds is 7. The standard InChI is InChI=1S/C16H18BrNO3/c1-19-14-7-8-16(15(17)11-14)21-10-2-9-20-13-5-3-12(18)4-6-13/h3-8,11H,2,9-10,18H2,1H3. The number of benzene rings is 2. The lowest BCUT2D eigenvalue weighted by atomic mass is 10.3. The lowest BCUT2D eigenvalue weighted by Crippen LogP contribution is -2.05. The Bertz CT molecular complexity index is 572. The molecule has 5 heteroatoms. The van der Waals surface area contributed by atoms with Gasteiger partial charge < -0.3 is 19.9 Å². The molecule has 0 atom stereocenters. The van der Waals surface area contributed by atoms with Gasteiger partial charge >= 0.3 is 0 Å². The molecule has 0 aromatic heterocycles. The van der Waals surface area contributed by atoms with Gasteiger partial charge in [0.05, 0.1) is 24.8 Å². The average molecular weight is 352 g/mol. The van der Waals surface area contributed by atoms with Crippen LogP contribution in [0, 0.1) is 0 Å². The van der Waals surface area contributed by atoms with Crippen molar-refractivity contribution in [3.63, 3.8) is 0 Å². The topological polar surface area (TPSA) is 53.7 Å². The van der Waals surface area contributed by atoms with Crippen LogP contribution in [0.25, 0.3) is 0 Å². The van der Waals surface area contributed by atoms with Gasteiger partial charge in [-0.15, -0.1) is 0 Å². The molecule has 2 N–H and O–H groups in total. The Labute approximate surface area is 132 Å². The quantitative estimate of drug-likeness (QED) is 0.607. The number of hydrogen-bond donors (Lipinski definition) is 1. The van der Waals surface area contributed by atoms with Gasteiger partial charge in [0.1, 0.15) is 17.2 Å². The summed E-state index contributed by atoms with van der Waals surface area (Å²) in [7, 11) is 1.64.